The van der Waals surface area contributed by atoms with Gasteiger partial charge in [-0.3, -0.25) is 10.1 Å². The zero-order valence-corrected chi connectivity index (χ0v) is 8.86. The molecule has 6 heteroatoms. The summed E-state index contributed by atoms with van der Waals surface area (Å²) >= 11 is 3.17. The van der Waals surface area contributed by atoms with E-state index in [1.807, 2.05) is 0 Å². The second-order valence-corrected chi connectivity index (χ2v) is 3.57. The quantitative estimate of drug-likeness (QED) is 0.662. The number of halogens is 1. The van der Waals surface area contributed by atoms with Gasteiger partial charge in [-0.05, 0) is 6.07 Å². The summed E-state index contributed by atoms with van der Waals surface area (Å²) in [4.78, 5) is 14.6. The Balaban J connectivity index is 2.96. The lowest BCUT2D eigenvalue weighted by atomic mass is 10.1. The summed E-state index contributed by atoms with van der Waals surface area (Å²) in [5.74, 6) is 4.85. The van der Waals surface area contributed by atoms with Crippen molar-refractivity contribution >= 4 is 21.6 Å². The zero-order chi connectivity index (χ0) is 10.6. The monoisotopic (exact) mass is 260 g/mol. The van der Waals surface area contributed by atoms with Gasteiger partial charge in [-0.15, -0.1) is 0 Å². The van der Waals surface area contributed by atoms with E-state index in [0.717, 1.165) is 0 Å². The molecule has 1 aromatic carbocycles. The molecule has 0 fully saturated rings. The molecule has 0 amide bonds. The molecule has 0 aliphatic carbocycles. The first kappa shape index (κ1) is 11.1. The fourth-order valence-corrected chi connectivity index (χ4v) is 1.44. The number of nitrogens with two attached hydrogens (primary N) is 1. The van der Waals surface area contributed by atoms with Crippen LogP contribution in [0.4, 0.5) is 5.69 Å². The van der Waals surface area contributed by atoms with Crippen molar-refractivity contribution in [3.63, 3.8) is 0 Å². The summed E-state index contributed by atoms with van der Waals surface area (Å²) in [6.07, 6.45) is 0.431. The third-order valence-electron chi connectivity index (χ3n) is 1.73. The van der Waals surface area contributed by atoms with E-state index in [9.17, 15) is 10.1 Å². The SMILES string of the molecule is NOCCc1ccc(Br)cc1[N+](=O)[O-]. The maximum Gasteiger partial charge on any atom is 0.273 e. The van der Waals surface area contributed by atoms with E-state index in [1.165, 1.54) is 6.07 Å². The Morgan fingerprint density at radius 1 is 1.57 bits per heavy atom. The van der Waals surface area contributed by atoms with E-state index in [0.29, 0.717) is 16.5 Å². The Hall–Kier alpha value is -0.980. The van der Waals surface area contributed by atoms with Gasteiger partial charge in [-0.2, -0.15) is 0 Å². The minimum Gasteiger partial charge on any atom is -0.304 e. The topological polar surface area (TPSA) is 78.4 Å². The predicted molar refractivity (Wildman–Crippen MR) is 54.6 cm³/mol. The molecule has 0 bridgehead atoms. The van der Waals surface area contributed by atoms with Crippen molar-refractivity contribution in [1.29, 1.82) is 0 Å². The maximum atomic E-state index is 10.6. The smallest absolute Gasteiger partial charge is 0.273 e. The first-order valence-corrected chi connectivity index (χ1v) is 4.69. The van der Waals surface area contributed by atoms with Gasteiger partial charge in [0.2, 0.25) is 0 Å². The molecular formula is C8H9BrN2O3. The average Bonchev–Trinajstić information content (AvgIpc) is 2.15. The molecule has 76 valence electrons. The van der Waals surface area contributed by atoms with Crippen LogP contribution in [0, 0.1) is 10.1 Å². The van der Waals surface area contributed by atoms with Crippen molar-refractivity contribution in [2.45, 2.75) is 6.42 Å². The van der Waals surface area contributed by atoms with E-state index in [-0.39, 0.29) is 12.3 Å². The lowest BCUT2D eigenvalue weighted by Gasteiger charge is -2.02. The van der Waals surface area contributed by atoms with Gasteiger partial charge in [0.1, 0.15) is 0 Å². The van der Waals surface area contributed by atoms with Gasteiger partial charge in [-0.25, -0.2) is 5.90 Å². The number of rotatable bonds is 4. The predicted octanol–water partition coefficient (Wildman–Crippen LogP) is 1.79. The zero-order valence-electron chi connectivity index (χ0n) is 7.27. The minimum atomic E-state index is -0.420. The van der Waals surface area contributed by atoms with Crippen LogP contribution in [0.3, 0.4) is 0 Å². The Morgan fingerprint density at radius 2 is 2.29 bits per heavy atom. The van der Waals surface area contributed by atoms with Crippen molar-refractivity contribution in [3.8, 4) is 0 Å². The number of hydrogen-bond donors (Lipinski definition) is 1. The molecular weight excluding hydrogens is 252 g/mol. The number of nitro benzene ring substituents is 1. The number of hydrogen-bond acceptors (Lipinski definition) is 4. The van der Waals surface area contributed by atoms with Crippen molar-refractivity contribution < 1.29 is 9.76 Å². The molecule has 0 aliphatic rings. The fraction of sp³-hybridized carbons (Fsp3) is 0.250. The van der Waals surface area contributed by atoms with Gasteiger partial charge in [0, 0.05) is 22.5 Å². The van der Waals surface area contributed by atoms with E-state index in [4.69, 9.17) is 5.90 Å². The van der Waals surface area contributed by atoms with E-state index in [2.05, 4.69) is 20.8 Å². The van der Waals surface area contributed by atoms with E-state index >= 15 is 0 Å². The summed E-state index contributed by atoms with van der Waals surface area (Å²) in [5, 5.41) is 10.6. The van der Waals surface area contributed by atoms with Crippen molar-refractivity contribution in [2.24, 2.45) is 5.90 Å². The number of nitro groups is 1. The van der Waals surface area contributed by atoms with Crippen molar-refractivity contribution in [1.82, 2.24) is 0 Å². The highest BCUT2D eigenvalue weighted by atomic mass is 79.9. The van der Waals surface area contributed by atoms with Gasteiger partial charge in [0.05, 0.1) is 11.5 Å². The van der Waals surface area contributed by atoms with Crippen LogP contribution in [0.1, 0.15) is 5.56 Å². The van der Waals surface area contributed by atoms with Gasteiger partial charge in [-0.1, -0.05) is 22.0 Å². The van der Waals surface area contributed by atoms with E-state index < -0.39 is 4.92 Å². The van der Waals surface area contributed by atoms with E-state index in [1.54, 1.807) is 12.1 Å². The van der Waals surface area contributed by atoms with Crippen molar-refractivity contribution in [2.75, 3.05) is 6.61 Å². The first-order chi connectivity index (χ1) is 6.65. The standard InChI is InChI=1S/C8H9BrN2O3/c9-7-2-1-6(3-4-14-10)8(5-7)11(12)13/h1-2,5H,3-4,10H2. The van der Waals surface area contributed by atoms with Gasteiger partial charge >= 0.3 is 0 Å². The van der Waals surface area contributed by atoms with Crippen LogP contribution in [-0.2, 0) is 11.3 Å². The van der Waals surface area contributed by atoms with Crippen LogP contribution in [-0.4, -0.2) is 11.5 Å². The summed E-state index contributed by atoms with van der Waals surface area (Å²) in [6.45, 7) is 0.266. The van der Waals surface area contributed by atoms with Crippen LogP contribution >= 0.6 is 15.9 Å². The fourth-order valence-electron chi connectivity index (χ4n) is 1.09. The molecule has 0 unspecified atom stereocenters. The molecule has 0 saturated carbocycles. The maximum absolute atomic E-state index is 10.6. The van der Waals surface area contributed by atoms with Crippen molar-refractivity contribution in [3.05, 3.63) is 38.3 Å². The summed E-state index contributed by atoms with van der Waals surface area (Å²) < 4.78 is 0.682. The molecule has 0 aromatic heterocycles. The highest BCUT2D eigenvalue weighted by Gasteiger charge is 2.13. The van der Waals surface area contributed by atoms with Crippen LogP contribution < -0.4 is 5.90 Å². The second-order valence-electron chi connectivity index (χ2n) is 2.65. The first-order valence-electron chi connectivity index (χ1n) is 3.89. The van der Waals surface area contributed by atoms with Gasteiger partial charge in [0.15, 0.2) is 0 Å². The van der Waals surface area contributed by atoms with Gasteiger partial charge in [0.25, 0.3) is 5.69 Å². The normalized spacial score (nSPS) is 10.1. The Labute approximate surface area is 89.1 Å². The van der Waals surface area contributed by atoms with Crippen LogP contribution in [0.5, 0.6) is 0 Å². The highest BCUT2D eigenvalue weighted by molar-refractivity contribution is 9.10. The molecule has 2 N–H and O–H groups in total. The molecule has 0 radical (unpaired) electrons. The average molecular weight is 261 g/mol. The lowest BCUT2D eigenvalue weighted by molar-refractivity contribution is -0.385. The molecule has 0 aliphatic heterocycles. The van der Waals surface area contributed by atoms with Gasteiger partial charge < -0.3 is 4.84 Å². The number of benzene rings is 1. The molecule has 0 heterocycles. The summed E-state index contributed by atoms with van der Waals surface area (Å²) in [7, 11) is 0. The minimum absolute atomic E-state index is 0.0800. The third-order valence-corrected chi connectivity index (χ3v) is 2.23. The van der Waals surface area contributed by atoms with Crippen LogP contribution in [0.25, 0.3) is 0 Å². The Kier molecular flexibility index (Phi) is 3.99. The lowest BCUT2D eigenvalue weighted by Crippen LogP contribution is -2.05. The third kappa shape index (κ3) is 2.76. The Bertz CT molecular complexity index is 343. The molecule has 5 nitrogen and oxygen atoms in total. The molecule has 0 saturated heterocycles. The largest absolute Gasteiger partial charge is 0.304 e. The molecule has 14 heavy (non-hydrogen) atoms. The molecule has 1 aromatic rings. The molecule has 0 spiro atoms. The molecule has 1 rings (SSSR count). The molecule has 0 atom stereocenters. The Morgan fingerprint density at radius 3 is 2.86 bits per heavy atom. The second kappa shape index (κ2) is 5.04. The summed E-state index contributed by atoms with van der Waals surface area (Å²) in [6, 6.07) is 4.89. The van der Waals surface area contributed by atoms with Crippen LogP contribution in [0.2, 0.25) is 0 Å². The summed E-state index contributed by atoms with van der Waals surface area (Å²) in [5.41, 5.74) is 0.695. The number of nitrogens with zero attached hydrogens (tertiary/aromatic N) is 1. The highest BCUT2D eigenvalue weighted by Crippen LogP contribution is 2.23. The van der Waals surface area contributed by atoms with Crippen LogP contribution in [0.15, 0.2) is 22.7 Å².